The molecule has 0 aromatic heterocycles. The molecule has 0 aliphatic carbocycles. The Labute approximate surface area is 112 Å². The molecule has 1 unspecified atom stereocenters. The van der Waals surface area contributed by atoms with Crippen molar-refractivity contribution in [2.75, 3.05) is 18.5 Å². The topological polar surface area (TPSA) is 77.8 Å². The second-order valence-corrected chi connectivity index (χ2v) is 4.80. The van der Waals surface area contributed by atoms with Crippen LogP contribution >= 0.6 is 0 Å². The lowest BCUT2D eigenvalue weighted by Crippen LogP contribution is -2.32. The van der Waals surface area contributed by atoms with Crippen LogP contribution in [0.25, 0.3) is 0 Å². The number of hydrogen-bond donors (Lipinski definition) is 2. The van der Waals surface area contributed by atoms with Gasteiger partial charge in [-0.25, -0.2) is 0 Å². The van der Waals surface area contributed by atoms with E-state index in [1.54, 1.807) is 11.9 Å². The Bertz CT molecular complexity index is 484. The smallest absolute Gasteiger partial charge is 0.308 e. The highest BCUT2D eigenvalue weighted by Crippen LogP contribution is 2.21. The van der Waals surface area contributed by atoms with Gasteiger partial charge < -0.3 is 15.1 Å². The first-order chi connectivity index (χ1) is 8.81. The fraction of sp³-hybridized carbons (Fsp3) is 0.429. The normalized spacial score (nSPS) is 11.9. The number of rotatable bonds is 6. The van der Waals surface area contributed by atoms with Gasteiger partial charge in [0.1, 0.15) is 0 Å². The summed E-state index contributed by atoms with van der Waals surface area (Å²) < 4.78 is 0. The van der Waals surface area contributed by atoms with E-state index in [0.717, 1.165) is 16.8 Å². The molecule has 0 aliphatic rings. The highest BCUT2D eigenvalue weighted by molar-refractivity contribution is 5.78. The molecule has 0 radical (unpaired) electrons. The Morgan fingerprint density at radius 1 is 1.26 bits per heavy atom. The number of anilines is 1. The second kappa shape index (κ2) is 6.22. The molecule has 1 aromatic rings. The summed E-state index contributed by atoms with van der Waals surface area (Å²) in [7, 11) is 1.78. The third-order valence-corrected chi connectivity index (χ3v) is 3.04. The van der Waals surface area contributed by atoms with Gasteiger partial charge >= 0.3 is 11.9 Å². The average molecular weight is 265 g/mol. The molecule has 0 aliphatic heterocycles. The maximum atomic E-state index is 11.1. The van der Waals surface area contributed by atoms with Crippen LogP contribution < -0.4 is 4.90 Å². The highest BCUT2D eigenvalue weighted by atomic mass is 16.4. The van der Waals surface area contributed by atoms with Crippen molar-refractivity contribution >= 4 is 17.6 Å². The lowest BCUT2D eigenvalue weighted by molar-refractivity contribution is -0.147. The fourth-order valence-electron chi connectivity index (χ4n) is 2.00. The second-order valence-electron chi connectivity index (χ2n) is 4.80. The molecule has 2 N–H and O–H groups in total. The third kappa shape index (κ3) is 4.28. The molecular formula is C14H19NO4. The van der Waals surface area contributed by atoms with Crippen molar-refractivity contribution in [3.8, 4) is 0 Å². The lowest BCUT2D eigenvalue weighted by Gasteiger charge is -2.24. The molecule has 1 rings (SSSR count). The van der Waals surface area contributed by atoms with E-state index in [-0.39, 0.29) is 13.0 Å². The van der Waals surface area contributed by atoms with Crippen molar-refractivity contribution in [1.82, 2.24) is 0 Å². The Morgan fingerprint density at radius 3 is 2.42 bits per heavy atom. The van der Waals surface area contributed by atoms with Crippen molar-refractivity contribution in [2.24, 2.45) is 5.92 Å². The van der Waals surface area contributed by atoms with E-state index in [9.17, 15) is 9.59 Å². The van der Waals surface area contributed by atoms with E-state index < -0.39 is 17.9 Å². The summed E-state index contributed by atoms with van der Waals surface area (Å²) >= 11 is 0. The molecule has 0 heterocycles. The van der Waals surface area contributed by atoms with Crippen molar-refractivity contribution in [3.05, 3.63) is 29.3 Å². The van der Waals surface area contributed by atoms with Gasteiger partial charge in [0.05, 0.1) is 12.3 Å². The first kappa shape index (κ1) is 15.0. The van der Waals surface area contributed by atoms with Gasteiger partial charge in [0.25, 0.3) is 0 Å². The lowest BCUT2D eigenvalue weighted by atomic mass is 10.0. The van der Waals surface area contributed by atoms with E-state index in [1.165, 1.54) is 0 Å². The van der Waals surface area contributed by atoms with Crippen LogP contribution in [0, 0.1) is 19.8 Å². The summed E-state index contributed by atoms with van der Waals surface area (Å²) in [6, 6.07) is 5.92. The molecule has 19 heavy (non-hydrogen) atoms. The predicted octanol–water partition coefficient (Wildman–Crippen LogP) is 1.92. The fourth-order valence-corrected chi connectivity index (χ4v) is 2.00. The molecule has 0 saturated carbocycles. The maximum absolute atomic E-state index is 11.1. The molecule has 104 valence electrons. The number of nitrogens with zero attached hydrogens (tertiary/aromatic N) is 1. The number of aryl methyl sites for hydroxylation is 2. The van der Waals surface area contributed by atoms with Crippen LogP contribution in [0.5, 0.6) is 0 Å². The van der Waals surface area contributed by atoms with E-state index in [4.69, 9.17) is 10.2 Å². The van der Waals surface area contributed by atoms with Gasteiger partial charge in [-0.2, -0.15) is 0 Å². The van der Waals surface area contributed by atoms with Crippen molar-refractivity contribution in [2.45, 2.75) is 20.3 Å². The van der Waals surface area contributed by atoms with E-state index in [2.05, 4.69) is 0 Å². The molecule has 0 fully saturated rings. The van der Waals surface area contributed by atoms with E-state index in [0.29, 0.717) is 0 Å². The van der Waals surface area contributed by atoms with Crippen LogP contribution in [0.1, 0.15) is 17.5 Å². The molecule has 5 heteroatoms. The highest BCUT2D eigenvalue weighted by Gasteiger charge is 2.23. The summed E-state index contributed by atoms with van der Waals surface area (Å²) in [5.41, 5.74) is 3.04. The third-order valence-electron chi connectivity index (χ3n) is 3.04. The zero-order chi connectivity index (χ0) is 14.6. The van der Waals surface area contributed by atoms with Crippen molar-refractivity contribution in [1.29, 1.82) is 0 Å². The van der Waals surface area contributed by atoms with Gasteiger partial charge in [0.15, 0.2) is 0 Å². The molecule has 1 atom stereocenters. The number of aliphatic carboxylic acids is 2. The first-order valence-corrected chi connectivity index (χ1v) is 6.04. The SMILES string of the molecule is Cc1ccc(C)c(N(C)CC(CC(=O)O)C(=O)O)c1. The number of carboxylic acids is 2. The Balaban J connectivity index is 2.87. The molecule has 0 amide bonds. The number of carboxylic acid groups (broad SMARTS) is 2. The Morgan fingerprint density at radius 2 is 1.89 bits per heavy atom. The van der Waals surface area contributed by atoms with Crippen LogP contribution in [0.4, 0.5) is 5.69 Å². The van der Waals surface area contributed by atoms with Crippen LogP contribution in [0.3, 0.4) is 0 Å². The van der Waals surface area contributed by atoms with Crippen LogP contribution in [0.2, 0.25) is 0 Å². The van der Waals surface area contributed by atoms with Crippen LogP contribution in [-0.2, 0) is 9.59 Å². The molecular weight excluding hydrogens is 246 g/mol. The minimum Gasteiger partial charge on any atom is -0.481 e. The van der Waals surface area contributed by atoms with Crippen LogP contribution in [-0.4, -0.2) is 35.7 Å². The summed E-state index contributed by atoms with van der Waals surface area (Å²) in [5.74, 6) is -3.09. The van der Waals surface area contributed by atoms with Gasteiger partial charge in [-0.3, -0.25) is 9.59 Å². The molecule has 0 saturated heterocycles. The maximum Gasteiger partial charge on any atom is 0.308 e. The molecule has 1 aromatic carbocycles. The van der Waals surface area contributed by atoms with Crippen LogP contribution in [0.15, 0.2) is 18.2 Å². The van der Waals surface area contributed by atoms with Gasteiger partial charge in [-0.15, -0.1) is 0 Å². The van der Waals surface area contributed by atoms with Gasteiger partial charge in [0.2, 0.25) is 0 Å². The monoisotopic (exact) mass is 265 g/mol. The van der Waals surface area contributed by atoms with Gasteiger partial charge in [-0.05, 0) is 31.0 Å². The van der Waals surface area contributed by atoms with Gasteiger partial charge in [-0.1, -0.05) is 12.1 Å². The van der Waals surface area contributed by atoms with E-state index in [1.807, 2.05) is 32.0 Å². The number of carbonyl (C=O) groups is 2. The Kier molecular flexibility index (Phi) is 4.92. The summed E-state index contributed by atoms with van der Waals surface area (Å²) in [5, 5.41) is 17.8. The average Bonchev–Trinajstić information content (AvgIpc) is 2.30. The predicted molar refractivity (Wildman–Crippen MR) is 72.6 cm³/mol. The zero-order valence-corrected chi connectivity index (χ0v) is 11.4. The van der Waals surface area contributed by atoms with Crippen molar-refractivity contribution in [3.63, 3.8) is 0 Å². The number of hydrogen-bond acceptors (Lipinski definition) is 3. The summed E-state index contributed by atoms with van der Waals surface area (Å²) in [6.07, 6.45) is -0.370. The number of benzene rings is 1. The molecule has 5 nitrogen and oxygen atoms in total. The minimum atomic E-state index is -1.10. The molecule has 0 bridgehead atoms. The standard InChI is InChI=1S/C14H19NO4/c1-9-4-5-10(2)12(6-9)15(3)8-11(14(18)19)7-13(16)17/h4-6,11H,7-8H2,1-3H3,(H,16,17)(H,18,19). The first-order valence-electron chi connectivity index (χ1n) is 6.04. The minimum absolute atomic E-state index is 0.173. The summed E-state index contributed by atoms with van der Waals surface area (Å²) in [6.45, 7) is 4.08. The van der Waals surface area contributed by atoms with Gasteiger partial charge in [0, 0.05) is 19.3 Å². The van der Waals surface area contributed by atoms with E-state index >= 15 is 0 Å². The van der Waals surface area contributed by atoms with Crippen molar-refractivity contribution < 1.29 is 19.8 Å². The Hall–Kier alpha value is -2.04. The summed E-state index contributed by atoms with van der Waals surface area (Å²) in [4.78, 5) is 23.5. The quantitative estimate of drug-likeness (QED) is 0.821. The largest absolute Gasteiger partial charge is 0.481 e. The molecule has 0 spiro atoms. The zero-order valence-electron chi connectivity index (χ0n) is 11.4.